The molecule has 0 radical (unpaired) electrons. The van der Waals surface area contributed by atoms with E-state index in [1.54, 1.807) is 22.8 Å². The van der Waals surface area contributed by atoms with E-state index >= 15 is 0 Å². The van der Waals surface area contributed by atoms with Crippen molar-refractivity contribution in [1.82, 2.24) is 25.7 Å². The van der Waals surface area contributed by atoms with Crippen molar-refractivity contribution in [2.24, 2.45) is 0 Å². The fraction of sp³-hybridized carbons (Fsp3) is 0.389. The first-order valence-corrected chi connectivity index (χ1v) is 9.35. The van der Waals surface area contributed by atoms with Gasteiger partial charge in [0.15, 0.2) is 5.11 Å². The molecule has 0 fully saturated rings. The van der Waals surface area contributed by atoms with Gasteiger partial charge in [-0.1, -0.05) is 0 Å². The summed E-state index contributed by atoms with van der Waals surface area (Å²) in [4.78, 5) is 40.3. The average molecular weight is 403 g/mol. The minimum atomic E-state index is -0.400. The summed E-state index contributed by atoms with van der Waals surface area (Å²) in [6.45, 7) is 1.15. The minimum Gasteiger partial charge on any atom is -0.469 e. The van der Waals surface area contributed by atoms with E-state index < -0.39 is 5.91 Å². The summed E-state index contributed by atoms with van der Waals surface area (Å²) in [6.07, 6.45) is 2.50. The van der Waals surface area contributed by atoms with Gasteiger partial charge in [0.1, 0.15) is 5.82 Å². The third kappa shape index (κ3) is 4.45. The summed E-state index contributed by atoms with van der Waals surface area (Å²) in [5, 5.41) is 3.60. The maximum absolute atomic E-state index is 12.5. The first-order valence-electron chi connectivity index (χ1n) is 8.94. The number of hydrazine groups is 1. The van der Waals surface area contributed by atoms with Gasteiger partial charge < -0.3 is 10.1 Å². The molecule has 1 aromatic heterocycles. The smallest absolute Gasteiger partial charge is 0.305 e. The standard InChI is InChI=1S/C18H21N5O4S/c1-27-15(24)5-2-8-19-18(28)22-21-16(25)11-6-7-12-13(10-11)20-14-4-3-9-23(14)17(12)26/h6-7,10H,2-5,8-9H2,1H3,(H,21,25)(H2,19,22,28). The molecule has 0 saturated heterocycles. The molecule has 3 rings (SSSR count). The summed E-state index contributed by atoms with van der Waals surface area (Å²) >= 11 is 5.07. The Kier molecular flexibility index (Phi) is 6.19. The summed E-state index contributed by atoms with van der Waals surface area (Å²) in [5.41, 5.74) is 5.90. The van der Waals surface area contributed by atoms with Gasteiger partial charge in [-0.2, -0.15) is 0 Å². The number of aromatic nitrogens is 2. The topological polar surface area (TPSA) is 114 Å². The molecule has 1 amide bonds. The van der Waals surface area contributed by atoms with Crippen LogP contribution in [-0.2, 0) is 22.5 Å². The van der Waals surface area contributed by atoms with Gasteiger partial charge >= 0.3 is 5.97 Å². The molecule has 0 spiro atoms. The number of hydrogen-bond acceptors (Lipinski definition) is 6. The van der Waals surface area contributed by atoms with Crippen LogP contribution in [0, 0.1) is 0 Å². The molecular formula is C18H21N5O4S. The van der Waals surface area contributed by atoms with Gasteiger partial charge in [-0.25, -0.2) is 4.98 Å². The van der Waals surface area contributed by atoms with Crippen LogP contribution >= 0.6 is 12.2 Å². The SMILES string of the molecule is COC(=O)CCCNC(=S)NNC(=O)c1ccc2c(=O)n3c(nc2c1)CCC3. The first kappa shape index (κ1) is 19.7. The van der Waals surface area contributed by atoms with Crippen LogP contribution in [0.25, 0.3) is 10.9 Å². The fourth-order valence-electron chi connectivity index (χ4n) is 2.99. The molecule has 1 aromatic carbocycles. The Hall–Kier alpha value is -3.01. The number of rotatable bonds is 5. The Bertz CT molecular complexity index is 988. The highest BCUT2D eigenvalue weighted by atomic mass is 32.1. The molecular weight excluding hydrogens is 382 g/mol. The number of hydrogen-bond donors (Lipinski definition) is 3. The van der Waals surface area contributed by atoms with E-state index in [4.69, 9.17) is 12.2 Å². The molecule has 0 bridgehead atoms. The first-order chi connectivity index (χ1) is 13.5. The van der Waals surface area contributed by atoms with Crippen LogP contribution in [0.5, 0.6) is 0 Å². The highest BCUT2D eigenvalue weighted by Crippen LogP contribution is 2.16. The monoisotopic (exact) mass is 403 g/mol. The number of carbonyl (C=O) groups is 2. The number of esters is 1. The Balaban J connectivity index is 1.56. The number of amides is 1. The van der Waals surface area contributed by atoms with Crippen molar-refractivity contribution in [3.8, 4) is 0 Å². The predicted octanol–water partition coefficient (Wildman–Crippen LogP) is 0.405. The zero-order valence-corrected chi connectivity index (χ0v) is 16.2. The van der Waals surface area contributed by atoms with Crippen molar-refractivity contribution >= 4 is 40.1 Å². The molecule has 1 aliphatic heterocycles. The average Bonchev–Trinajstić information content (AvgIpc) is 3.17. The number of nitrogens with one attached hydrogen (secondary N) is 3. The normalized spacial score (nSPS) is 12.3. The lowest BCUT2D eigenvalue weighted by atomic mass is 10.1. The number of nitrogens with zero attached hydrogens (tertiary/aromatic N) is 2. The molecule has 1 aliphatic rings. The van der Waals surface area contributed by atoms with Gasteiger partial charge in [-0.05, 0) is 43.3 Å². The van der Waals surface area contributed by atoms with Crippen LogP contribution in [-0.4, -0.2) is 40.2 Å². The minimum absolute atomic E-state index is 0.0695. The number of ether oxygens (including phenoxy) is 1. The third-order valence-corrected chi connectivity index (χ3v) is 4.69. The van der Waals surface area contributed by atoms with E-state index in [0.29, 0.717) is 36.0 Å². The quantitative estimate of drug-likeness (QED) is 0.285. The molecule has 2 aromatic rings. The van der Waals surface area contributed by atoms with Crippen LogP contribution in [0.1, 0.15) is 35.4 Å². The van der Waals surface area contributed by atoms with E-state index in [9.17, 15) is 14.4 Å². The van der Waals surface area contributed by atoms with Gasteiger partial charge in [-0.15, -0.1) is 0 Å². The highest BCUT2D eigenvalue weighted by Gasteiger charge is 2.17. The van der Waals surface area contributed by atoms with Gasteiger partial charge in [0.05, 0.1) is 18.0 Å². The lowest BCUT2D eigenvalue weighted by Gasteiger charge is -2.12. The van der Waals surface area contributed by atoms with Gasteiger partial charge in [0, 0.05) is 31.5 Å². The molecule has 148 valence electrons. The molecule has 2 heterocycles. The Morgan fingerprint density at radius 1 is 1.32 bits per heavy atom. The highest BCUT2D eigenvalue weighted by molar-refractivity contribution is 7.80. The number of benzene rings is 1. The number of aryl methyl sites for hydroxylation is 1. The van der Waals surface area contributed by atoms with Crippen LogP contribution in [0.15, 0.2) is 23.0 Å². The van der Waals surface area contributed by atoms with Gasteiger partial charge in [0.25, 0.3) is 11.5 Å². The van der Waals surface area contributed by atoms with Crippen molar-refractivity contribution in [3.05, 3.63) is 39.9 Å². The Morgan fingerprint density at radius 3 is 2.93 bits per heavy atom. The molecule has 28 heavy (non-hydrogen) atoms. The van der Waals surface area contributed by atoms with Crippen LogP contribution in [0.4, 0.5) is 0 Å². The van der Waals surface area contributed by atoms with Gasteiger partial charge in [0.2, 0.25) is 0 Å². The van der Waals surface area contributed by atoms with E-state index in [-0.39, 0.29) is 23.1 Å². The lowest BCUT2D eigenvalue weighted by Crippen LogP contribution is -2.47. The lowest BCUT2D eigenvalue weighted by molar-refractivity contribution is -0.140. The summed E-state index contributed by atoms with van der Waals surface area (Å²) < 4.78 is 6.24. The van der Waals surface area contributed by atoms with Crippen molar-refractivity contribution in [2.75, 3.05) is 13.7 Å². The van der Waals surface area contributed by atoms with Crippen molar-refractivity contribution in [3.63, 3.8) is 0 Å². The van der Waals surface area contributed by atoms with Crippen LogP contribution < -0.4 is 21.7 Å². The molecule has 0 unspecified atom stereocenters. The molecule has 0 aliphatic carbocycles. The second-order valence-corrected chi connectivity index (χ2v) is 6.74. The van der Waals surface area contributed by atoms with Crippen LogP contribution in [0.3, 0.4) is 0 Å². The van der Waals surface area contributed by atoms with Crippen LogP contribution in [0.2, 0.25) is 0 Å². The Morgan fingerprint density at radius 2 is 2.14 bits per heavy atom. The van der Waals surface area contributed by atoms with Gasteiger partial charge in [-0.3, -0.25) is 29.8 Å². The summed E-state index contributed by atoms with van der Waals surface area (Å²) in [6, 6.07) is 4.80. The third-order valence-electron chi connectivity index (χ3n) is 4.44. The molecule has 0 saturated carbocycles. The van der Waals surface area contributed by atoms with Crippen molar-refractivity contribution in [1.29, 1.82) is 0 Å². The zero-order valence-electron chi connectivity index (χ0n) is 15.4. The summed E-state index contributed by atoms with van der Waals surface area (Å²) in [7, 11) is 1.34. The Labute approximate surface area is 166 Å². The largest absolute Gasteiger partial charge is 0.469 e. The number of carbonyl (C=O) groups excluding carboxylic acids is 2. The number of thiocarbonyl (C=S) groups is 1. The molecule has 3 N–H and O–H groups in total. The number of fused-ring (bicyclic) bond motifs is 2. The molecule has 9 nitrogen and oxygen atoms in total. The maximum Gasteiger partial charge on any atom is 0.305 e. The van der Waals surface area contributed by atoms with E-state index in [1.807, 2.05) is 0 Å². The van der Waals surface area contributed by atoms with Crippen molar-refractivity contribution in [2.45, 2.75) is 32.2 Å². The predicted molar refractivity (Wildman–Crippen MR) is 107 cm³/mol. The molecule has 10 heteroatoms. The summed E-state index contributed by atoms with van der Waals surface area (Å²) in [5.74, 6) is 0.0673. The number of methoxy groups -OCH3 is 1. The molecule has 0 atom stereocenters. The van der Waals surface area contributed by atoms with E-state index in [2.05, 4.69) is 25.9 Å². The van der Waals surface area contributed by atoms with E-state index in [0.717, 1.165) is 18.7 Å². The van der Waals surface area contributed by atoms with Crippen molar-refractivity contribution < 1.29 is 14.3 Å². The fourth-order valence-corrected chi connectivity index (χ4v) is 3.14. The maximum atomic E-state index is 12.5. The van der Waals surface area contributed by atoms with E-state index in [1.165, 1.54) is 7.11 Å². The second kappa shape index (κ2) is 8.79. The zero-order chi connectivity index (χ0) is 20.1. The second-order valence-electron chi connectivity index (χ2n) is 6.34.